The van der Waals surface area contributed by atoms with Crippen LogP contribution in [-0.4, -0.2) is 4.98 Å². The lowest BCUT2D eigenvalue weighted by atomic mass is 10.1. The number of hydrogen-bond donors (Lipinski definition) is 1. The fourth-order valence-corrected chi connectivity index (χ4v) is 2.36. The Balaban J connectivity index is 2.24. The van der Waals surface area contributed by atoms with Gasteiger partial charge in [0.05, 0.1) is 11.6 Å². The fraction of sp³-hybridized carbons (Fsp3) is 0.250. The van der Waals surface area contributed by atoms with E-state index in [-0.39, 0.29) is 0 Å². The molecule has 1 heterocycles. The molecule has 2 nitrogen and oxygen atoms in total. The number of benzene rings is 1. The summed E-state index contributed by atoms with van der Waals surface area (Å²) in [5.74, 6) is 0. The number of halogens is 3. The number of alkyl halides is 3. The van der Waals surface area contributed by atoms with Crippen molar-refractivity contribution in [3.05, 3.63) is 51.5 Å². The van der Waals surface area contributed by atoms with Crippen molar-refractivity contribution < 1.29 is 13.2 Å². The molecule has 18 heavy (non-hydrogen) atoms. The van der Waals surface area contributed by atoms with E-state index in [9.17, 15) is 13.2 Å². The minimum absolute atomic E-state index is 0.481. The standard InChI is InChI=1S/C12H11F3N2S/c1-7-6-18-11(17-7)10(16)8-2-4-9(5-3-8)12(13,14)15/h2-6,10H,16H2,1H3. The van der Waals surface area contributed by atoms with Crippen LogP contribution >= 0.6 is 11.3 Å². The van der Waals surface area contributed by atoms with Crippen LogP contribution in [0.3, 0.4) is 0 Å². The summed E-state index contributed by atoms with van der Waals surface area (Å²) in [5.41, 5.74) is 6.76. The second-order valence-electron chi connectivity index (χ2n) is 3.92. The highest BCUT2D eigenvalue weighted by Gasteiger charge is 2.30. The van der Waals surface area contributed by atoms with Crippen molar-refractivity contribution in [2.24, 2.45) is 5.73 Å². The van der Waals surface area contributed by atoms with Gasteiger partial charge in [-0.05, 0) is 24.6 Å². The highest BCUT2D eigenvalue weighted by Crippen LogP contribution is 2.30. The maximum absolute atomic E-state index is 12.4. The maximum Gasteiger partial charge on any atom is 0.416 e. The summed E-state index contributed by atoms with van der Waals surface area (Å²) < 4.78 is 37.2. The van der Waals surface area contributed by atoms with Crippen LogP contribution in [0.5, 0.6) is 0 Å². The summed E-state index contributed by atoms with van der Waals surface area (Å²) in [6, 6.07) is 4.38. The topological polar surface area (TPSA) is 38.9 Å². The van der Waals surface area contributed by atoms with Gasteiger partial charge >= 0.3 is 6.18 Å². The highest BCUT2D eigenvalue weighted by molar-refractivity contribution is 7.09. The van der Waals surface area contributed by atoms with Crippen molar-refractivity contribution in [3.63, 3.8) is 0 Å². The molecule has 1 atom stereocenters. The molecule has 6 heteroatoms. The molecule has 0 bridgehead atoms. The quantitative estimate of drug-likeness (QED) is 0.908. The first-order chi connectivity index (χ1) is 8.38. The molecule has 0 aliphatic rings. The number of aromatic nitrogens is 1. The number of aryl methyl sites for hydroxylation is 1. The molecule has 0 amide bonds. The van der Waals surface area contributed by atoms with E-state index in [0.717, 1.165) is 17.8 Å². The second-order valence-corrected chi connectivity index (χ2v) is 4.81. The molecule has 0 aliphatic carbocycles. The minimum atomic E-state index is -4.32. The second kappa shape index (κ2) is 4.70. The van der Waals surface area contributed by atoms with Crippen LogP contribution in [0.15, 0.2) is 29.6 Å². The molecule has 0 aliphatic heterocycles. The smallest absolute Gasteiger partial charge is 0.318 e. The van der Waals surface area contributed by atoms with Gasteiger partial charge in [0, 0.05) is 11.1 Å². The van der Waals surface area contributed by atoms with Crippen molar-refractivity contribution in [1.82, 2.24) is 4.98 Å². The molecular formula is C12H11F3N2S. The Hall–Kier alpha value is -1.40. The van der Waals surface area contributed by atoms with E-state index in [1.54, 1.807) is 0 Å². The van der Waals surface area contributed by atoms with Gasteiger partial charge in [0.25, 0.3) is 0 Å². The molecule has 0 radical (unpaired) electrons. The number of nitrogens with zero attached hydrogens (tertiary/aromatic N) is 1. The Kier molecular flexibility index (Phi) is 3.41. The summed E-state index contributed by atoms with van der Waals surface area (Å²) in [7, 11) is 0. The monoisotopic (exact) mass is 272 g/mol. The first-order valence-corrected chi connectivity index (χ1v) is 6.10. The van der Waals surface area contributed by atoms with Gasteiger partial charge < -0.3 is 5.73 Å². The third-order valence-corrected chi connectivity index (χ3v) is 3.55. The zero-order chi connectivity index (χ0) is 13.3. The lowest BCUT2D eigenvalue weighted by Gasteiger charge is -2.11. The van der Waals surface area contributed by atoms with E-state index in [1.165, 1.54) is 23.5 Å². The largest absolute Gasteiger partial charge is 0.416 e. The van der Waals surface area contributed by atoms with E-state index in [4.69, 9.17) is 5.73 Å². The molecule has 1 aromatic carbocycles. The van der Waals surface area contributed by atoms with Gasteiger partial charge in [0.15, 0.2) is 0 Å². The third-order valence-electron chi connectivity index (χ3n) is 2.50. The van der Waals surface area contributed by atoms with Crippen LogP contribution in [0.25, 0.3) is 0 Å². The lowest BCUT2D eigenvalue weighted by Crippen LogP contribution is -2.12. The predicted octanol–water partition coefficient (Wildman–Crippen LogP) is 3.52. The molecule has 0 saturated heterocycles. The molecule has 0 saturated carbocycles. The Morgan fingerprint density at radius 3 is 2.28 bits per heavy atom. The van der Waals surface area contributed by atoms with E-state index >= 15 is 0 Å². The molecule has 96 valence electrons. The van der Waals surface area contributed by atoms with Crippen molar-refractivity contribution in [2.45, 2.75) is 19.1 Å². The van der Waals surface area contributed by atoms with Gasteiger partial charge in [-0.2, -0.15) is 13.2 Å². The van der Waals surface area contributed by atoms with Crippen molar-refractivity contribution in [3.8, 4) is 0 Å². The maximum atomic E-state index is 12.4. The molecule has 0 spiro atoms. The minimum Gasteiger partial charge on any atom is -0.318 e. The van der Waals surface area contributed by atoms with Crippen molar-refractivity contribution in [2.75, 3.05) is 0 Å². The van der Waals surface area contributed by atoms with Crippen LogP contribution in [0, 0.1) is 6.92 Å². The van der Waals surface area contributed by atoms with E-state index in [1.807, 2.05) is 12.3 Å². The van der Waals surface area contributed by atoms with E-state index in [2.05, 4.69) is 4.98 Å². The van der Waals surface area contributed by atoms with Gasteiger partial charge in [-0.25, -0.2) is 4.98 Å². The summed E-state index contributed by atoms with van der Waals surface area (Å²) in [6.45, 7) is 1.85. The zero-order valence-electron chi connectivity index (χ0n) is 9.53. The summed E-state index contributed by atoms with van der Waals surface area (Å²) in [4.78, 5) is 4.23. The van der Waals surface area contributed by atoms with Gasteiger partial charge in [-0.15, -0.1) is 11.3 Å². The van der Waals surface area contributed by atoms with Gasteiger partial charge in [0.2, 0.25) is 0 Å². The fourth-order valence-electron chi connectivity index (χ4n) is 1.54. The van der Waals surface area contributed by atoms with Gasteiger partial charge in [0.1, 0.15) is 5.01 Å². The molecule has 1 unspecified atom stereocenters. The SMILES string of the molecule is Cc1csc(C(N)c2ccc(C(F)(F)F)cc2)n1. The number of hydrogen-bond acceptors (Lipinski definition) is 3. The Labute approximate surface area is 106 Å². The average molecular weight is 272 g/mol. The van der Waals surface area contributed by atoms with Gasteiger partial charge in [-0.3, -0.25) is 0 Å². The highest BCUT2D eigenvalue weighted by atomic mass is 32.1. The lowest BCUT2D eigenvalue weighted by molar-refractivity contribution is -0.137. The zero-order valence-corrected chi connectivity index (χ0v) is 10.3. The molecule has 2 aromatic rings. The summed E-state index contributed by atoms with van der Waals surface area (Å²) in [6.07, 6.45) is -4.32. The molecular weight excluding hydrogens is 261 g/mol. The van der Waals surface area contributed by atoms with E-state index in [0.29, 0.717) is 10.6 Å². The Morgan fingerprint density at radius 1 is 1.22 bits per heavy atom. The van der Waals surface area contributed by atoms with Crippen molar-refractivity contribution >= 4 is 11.3 Å². The predicted molar refractivity (Wildman–Crippen MR) is 64.3 cm³/mol. The Bertz CT molecular complexity index is 531. The molecule has 2 N–H and O–H groups in total. The third kappa shape index (κ3) is 2.70. The van der Waals surface area contributed by atoms with Gasteiger partial charge in [-0.1, -0.05) is 12.1 Å². The van der Waals surface area contributed by atoms with Crippen molar-refractivity contribution in [1.29, 1.82) is 0 Å². The molecule has 1 aromatic heterocycles. The summed E-state index contributed by atoms with van der Waals surface area (Å²) >= 11 is 1.40. The number of thiazole rings is 1. The van der Waals surface area contributed by atoms with Crippen LogP contribution in [0.4, 0.5) is 13.2 Å². The van der Waals surface area contributed by atoms with E-state index < -0.39 is 17.8 Å². The van der Waals surface area contributed by atoms with Crippen LogP contribution in [-0.2, 0) is 6.18 Å². The average Bonchev–Trinajstić information content (AvgIpc) is 2.74. The van der Waals surface area contributed by atoms with Crippen LogP contribution in [0.1, 0.15) is 27.9 Å². The number of nitrogens with two attached hydrogens (primary N) is 1. The molecule has 0 fully saturated rings. The summed E-state index contributed by atoms with van der Waals surface area (Å²) in [5, 5.41) is 2.56. The molecule has 2 rings (SSSR count). The normalized spacial score (nSPS) is 13.6. The Morgan fingerprint density at radius 2 is 1.83 bits per heavy atom. The number of rotatable bonds is 2. The van der Waals surface area contributed by atoms with Crippen LogP contribution < -0.4 is 5.73 Å². The first-order valence-electron chi connectivity index (χ1n) is 5.22. The van der Waals surface area contributed by atoms with Crippen LogP contribution in [0.2, 0.25) is 0 Å². The first kappa shape index (κ1) is 13.0.